The second-order valence-electron chi connectivity index (χ2n) is 7.23. The Hall–Kier alpha value is -1.55. The molecule has 0 aliphatic heterocycles. The van der Waals surface area contributed by atoms with Crippen LogP contribution >= 0.6 is 0 Å². The summed E-state index contributed by atoms with van der Waals surface area (Å²) >= 11 is 0. The molecular formula is C22H35NO3. The molecule has 1 fully saturated rings. The van der Waals surface area contributed by atoms with E-state index in [1.807, 2.05) is 0 Å². The van der Waals surface area contributed by atoms with E-state index in [9.17, 15) is 4.79 Å². The molecule has 26 heavy (non-hydrogen) atoms. The molecule has 1 aliphatic carbocycles. The number of methoxy groups -OCH3 is 1. The van der Waals surface area contributed by atoms with Gasteiger partial charge in [-0.25, -0.2) is 0 Å². The van der Waals surface area contributed by atoms with Crippen LogP contribution in [-0.2, 0) is 9.53 Å². The van der Waals surface area contributed by atoms with Crippen LogP contribution in [0.4, 0.5) is 0 Å². The Morgan fingerprint density at radius 3 is 2.65 bits per heavy atom. The van der Waals surface area contributed by atoms with Crippen LogP contribution in [0.15, 0.2) is 24.3 Å². The van der Waals surface area contributed by atoms with Gasteiger partial charge < -0.3 is 14.8 Å². The zero-order valence-electron chi connectivity index (χ0n) is 16.3. The first kappa shape index (κ1) is 20.8. The zero-order chi connectivity index (χ0) is 18.5. The SMILES string of the molecule is COCCCNC(=O)CCCCCOc1ccccc1C1CCCCC1. The Morgan fingerprint density at radius 1 is 1.04 bits per heavy atom. The molecule has 1 N–H and O–H groups in total. The van der Waals surface area contributed by atoms with Gasteiger partial charge in [0, 0.05) is 26.7 Å². The summed E-state index contributed by atoms with van der Waals surface area (Å²) in [7, 11) is 1.68. The Kier molecular flexibility index (Phi) is 10.2. The Balaban J connectivity index is 1.59. The van der Waals surface area contributed by atoms with Gasteiger partial charge in [0.25, 0.3) is 0 Å². The number of ether oxygens (including phenoxy) is 2. The highest BCUT2D eigenvalue weighted by molar-refractivity contribution is 5.75. The summed E-state index contributed by atoms with van der Waals surface area (Å²) < 4.78 is 11.0. The lowest BCUT2D eigenvalue weighted by molar-refractivity contribution is -0.121. The number of rotatable bonds is 12. The standard InChI is InChI=1S/C22H35NO3/c1-25-17-10-16-23-22(24)15-6-3-9-18-26-21-14-8-7-13-20(21)19-11-4-2-5-12-19/h7-8,13-14,19H,2-6,9-12,15-18H2,1H3,(H,23,24). The van der Waals surface area contributed by atoms with Gasteiger partial charge in [-0.3, -0.25) is 4.79 Å². The number of benzene rings is 1. The van der Waals surface area contributed by atoms with E-state index in [1.54, 1.807) is 7.11 Å². The molecule has 0 radical (unpaired) electrons. The maximum Gasteiger partial charge on any atom is 0.219 e. The van der Waals surface area contributed by atoms with E-state index in [0.717, 1.165) is 38.0 Å². The van der Waals surface area contributed by atoms with Crippen LogP contribution in [0.1, 0.15) is 75.7 Å². The highest BCUT2D eigenvalue weighted by Crippen LogP contribution is 2.37. The first-order valence-electron chi connectivity index (χ1n) is 10.3. The van der Waals surface area contributed by atoms with Crippen LogP contribution in [-0.4, -0.2) is 32.8 Å². The minimum absolute atomic E-state index is 0.143. The van der Waals surface area contributed by atoms with Crippen LogP contribution in [0.25, 0.3) is 0 Å². The molecule has 2 rings (SSSR count). The van der Waals surface area contributed by atoms with Crippen molar-refractivity contribution < 1.29 is 14.3 Å². The summed E-state index contributed by atoms with van der Waals surface area (Å²) in [6, 6.07) is 8.54. The van der Waals surface area contributed by atoms with Gasteiger partial charge in [-0.15, -0.1) is 0 Å². The molecule has 0 unspecified atom stereocenters. The van der Waals surface area contributed by atoms with Crippen LogP contribution in [0.3, 0.4) is 0 Å². The van der Waals surface area contributed by atoms with E-state index in [2.05, 4.69) is 29.6 Å². The number of carbonyl (C=O) groups excluding carboxylic acids is 1. The third kappa shape index (κ3) is 7.77. The lowest BCUT2D eigenvalue weighted by Crippen LogP contribution is -2.24. The molecular weight excluding hydrogens is 326 g/mol. The average molecular weight is 362 g/mol. The summed E-state index contributed by atoms with van der Waals surface area (Å²) in [5, 5.41) is 2.93. The van der Waals surface area contributed by atoms with Gasteiger partial charge in [-0.1, -0.05) is 37.5 Å². The fraction of sp³-hybridized carbons (Fsp3) is 0.682. The molecule has 0 atom stereocenters. The van der Waals surface area contributed by atoms with Crippen molar-refractivity contribution in [2.45, 2.75) is 70.1 Å². The Bertz CT molecular complexity index is 512. The lowest BCUT2D eigenvalue weighted by atomic mass is 9.84. The third-order valence-electron chi connectivity index (χ3n) is 5.12. The second-order valence-corrected chi connectivity index (χ2v) is 7.23. The van der Waals surface area contributed by atoms with Crippen molar-refractivity contribution in [3.63, 3.8) is 0 Å². The largest absolute Gasteiger partial charge is 0.493 e. The van der Waals surface area contributed by atoms with E-state index in [-0.39, 0.29) is 5.91 Å². The van der Waals surface area contributed by atoms with Crippen molar-refractivity contribution in [1.29, 1.82) is 0 Å². The number of unbranched alkanes of at least 4 members (excludes halogenated alkanes) is 2. The topological polar surface area (TPSA) is 47.6 Å². The number of hydrogen-bond donors (Lipinski definition) is 1. The molecule has 146 valence electrons. The molecule has 4 heteroatoms. The van der Waals surface area contributed by atoms with Gasteiger partial charge in [-0.2, -0.15) is 0 Å². The minimum Gasteiger partial charge on any atom is -0.493 e. The van der Waals surface area contributed by atoms with E-state index < -0.39 is 0 Å². The van der Waals surface area contributed by atoms with E-state index in [4.69, 9.17) is 9.47 Å². The first-order valence-corrected chi connectivity index (χ1v) is 10.3. The highest BCUT2D eigenvalue weighted by atomic mass is 16.5. The fourth-order valence-electron chi connectivity index (χ4n) is 3.64. The monoisotopic (exact) mass is 361 g/mol. The van der Waals surface area contributed by atoms with Crippen molar-refractivity contribution in [2.24, 2.45) is 0 Å². The molecule has 0 saturated heterocycles. The molecule has 1 aromatic rings. The van der Waals surface area contributed by atoms with Gasteiger partial charge in [0.15, 0.2) is 0 Å². The van der Waals surface area contributed by atoms with E-state index in [0.29, 0.717) is 25.5 Å². The van der Waals surface area contributed by atoms with Gasteiger partial charge in [0.05, 0.1) is 6.61 Å². The van der Waals surface area contributed by atoms with E-state index >= 15 is 0 Å². The predicted octanol–water partition coefficient (Wildman–Crippen LogP) is 4.83. The molecule has 1 amide bonds. The Morgan fingerprint density at radius 2 is 1.85 bits per heavy atom. The van der Waals surface area contributed by atoms with Crippen molar-refractivity contribution >= 4 is 5.91 Å². The normalized spacial score (nSPS) is 15.0. The van der Waals surface area contributed by atoms with Crippen LogP contribution < -0.4 is 10.1 Å². The summed E-state index contributed by atoms with van der Waals surface area (Å²) in [6.07, 6.45) is 11.1. The van der Waals surface area contributed by atoms with Crippen molar-refractivity contribution in [1.82, 2.24) is 5.32 Å². The Labute approximate surface area is 158 Å². The molecule has 0 bridgehead atoms. The summed E-state index contributed by atoms with van der Waals surface area (Å²) in [4.78, 5) is 11.7. The fourth-order valence-corrected chi connectivity index (χ4v) is 3.64. The van der Waals surface area contributed by atoms with Crippen LogP contribution in [0, 0.1) is 0 Å². The van der Waals surface area contributed by atoms with Crippen molar-refractivity contribution in [3.05, 3.63) is 29.8 Å². The van der Waals surface area contributed by atoms with Crippen molar-refractivity contribution in [2.75, 3.05) is 26.9 Å². The minimum atomic E-state index is 0.143. The molecule has 0 aromatic heterocycles. The van der Waals surface area contributed by atoms with Crippen molar-refractivity contribution in [3.8, 4) is 5.75 Å². The highest BCUT2D eigenvalue weighted by Gasteiger charge is 2.18. The summed E-state index contributed by atoms with van der Waals surface area (Å²) in [5.41, 5.74) is 1.39. The number of hydrogen-bond acceptors (Lipinski definition) is 3. The van der Waals surface area contributed by atoms with Crippen LogP contribution in [0.2, 0.25) is 0 Å². The summed E-state index contributed by atoms with van der Waals surface area (Å²) in [5.74, 6) is 1.88. The van der Waals surface area contributed by atoms with Gasteiger partial charge in [-0.05, 0) is 56.1 Å². The van der Waals surface area contributed by atoms with Gasteiger partial charge in [0.2, 0.25) is 5.91 Å². The molecule has 4 nitrogen and oxygen atoms in total. The maximum atomic E-state index is 11.7. The molecule has 0 spiro atoms. The predicted molar refractivity (Wildman–Crippen MR) is 106 cm³/mol. The number of carbonyl (C=O) groups is 1. The third-order valence-corrected chi connectivity index (χ3v) is 5.12. The van der Waals surface area contributed by atoms with Crippen LogP contribution in [0.5, 0.6) is 5.75 Å². The first-order chi connectivity index (χ1) is 12.8. The molecule has 0 heterocycles. The summed E-state index contributed by atoms with van der Waals surface area (Å²) in [6.45, 7) is 2.13. The smallest absolute Gasteiger partial charge is 0.219 e. The zero-order valence-corrected chi connectivity index (χ0v) is 16.3. The molecule has 1 aliphatic rings. The second kappa shape index (κ2) is 12.7. The maximum absolute atomic E-state index is 11.7. The average Bonchev–Trinajstić information content (AvgIpc) is 2.69. The molecule has 1 aromatic carbocycles. The van der Waals surface area contributed by atoms with E-state index in [1.165, 1.54) is 37.7 Å². The number of nitrogens with one attached hydrogen (secondary N) is 1. The van der Waals surface area contributed by atoms with Gasteiger partial charge >= 0.3 is 0 Å². The number of amides is 1. The number of para-hydroxylation sites is 1. The quantitative estimate of drug-likeness (QED) is 0.543. The molecule has 1 saturated carbocycles. The van der Waals surface area contributed by atoms with Gasteiger partial charge in [0.1, 0.15) is 5.75 Å². The lowest BCUT2D eigenvalue weighted by Gasteiger charge is -2.24.